The Morgan fingerprint density at radius 1 is 1.04 bits per heavy atom. The highest BCUT2D eigenvalue weighted by atomic mass is 16.1. The molecule has 0 saturated heterocycles. The number of imidazole rings is 1. The second kappa shape index (κ2) is 6.09. The van der Waals surface area contributed by atoms with Crippen molar-refractivity contribution in [1.82, 2.24) is 15.0 Å². The second-order valence-electron chi connectivity index (χ2n) is 5.63. The van der Waals surface area contributed by atoms with Crippen molar-refractivity contribution in [3.8, 4) is 11.4 Å². The molecule has 122 valence electrons. The maximum atomic E-state index is 12.3. The summed E-state index contributed by atoms with van der Waals surface area (Å²) >= 11 is 0. The molecular formula is C19H15N5O. The number of amides is 1. The molecule has 0 radical (unpaired) electrons. The number of carbonyl (C=O) groups excluding carboxylic acids is 1. The van der Waals surface area contributed by atoms with Crippen LogP contribution < -0.4 is 11.1 Å². The average Bonchev–Trinajstić information content (AvgIpc) is 3.06. The van der Waals surface area contributed by atoms with Gasteiger partial charge in [0.15, 0.2) is 5.65 Å². The van der Waals surface area contributed by atoms with Crippen LogP contribution in [0, 0.1) is 0 Å². The Balaban J connectivity index is 1.62. The van der Waals surface area contributed by atoms with E-state index >= 15 is 0 Å². The number of hydrogen-bond acceptors (Lipinski definition) is 4. The SMILES string of the molecule is Nc1cccc(C(=O)Nc2cnc3nc(-c4ccccc4)[nH]c3c2)c1. The maximum absolute atomic E-state index is 12.3. The molecule has 0 bridgehead atoms. The lowest BCUT2D eigenvalue weighted by Gasteiger charge is -2.05. The molecule has 2 aromatic carbocycles. The topological polar surface area (TPSA) is 96.7 Å². The summed E-state index contributed by atoms with van der Waals surface area (Å²) in [5.74, 6) is 0.499. The van der Waals surface area contributed by atoms with E-state index in [1.54, 1.807) is 30.5 Å². The molecule has 2 heterocycles. The number of pyridine rings is 1. The van der Waals surface area contributed by atoms with Gasteiger partial charge >= 0.3 is 0 Å². The number of anilines is 2. The van der Waals surface area contributed by atoms with E-state index in [1.807, 2.05) is 36.4 Å². The first kappa shape index (κ1) is 14.9. The summed E-state index contributed by atoms with van der Waals surface area (Å²) < 4.78 is 0. The number of nitrogen functional groups attached to an aromatic ring is 1. The number of hydrogen-bond donors (Lipinski definition) is 3. The molecule has 0 unspecified atom stereocenters. The zero-order valence-electron chi connectivity index (χ0n) is 13.2. The van der Waals surface area contributed by atoms with E-state index in [2.05, 4.69) is 20.3 Å². The standard InChI is InChI=1S/C19H15N5O/c20-14-8-4-7-13(9-14)19(25)22-15-10-16-18(21-11-15)24-17(23-16)12-5-2-1-3-6-12/h1-11H,20H2,(H,22,25)(H,21,23,24). The van der Waals surface area contributed by atoms with Crippen molar-refractivity contribution < 1.29 is 4.79 Å². The molecular weight excluding hydrogens is 314 g/mol. The molecule has 6 nitrogen and oxygen atoms in total. The minimum absolute atomic E-state index is 0.240. The zero-order valence-corrected chi connectivity index (χ0v) is 13.2. The van der Waals surface area contributed by atoms with E-state index < -0.39 is 0 Å². The van der Waals surface area contributed by atoms with Gasteiger partial charge in [0.05, 0.1) is 17.4 Å². The van der Waals surface area contributed by atoms with Gasteiger partial charge in [0.2, 0.25) is 0 Å². The Kier molecular flexibility index (Phi) is 3.63. The molecule has 0 aliphatic rings. The van der Waals surface area contributed by atoms with Crippen molar-refractivity contribution >= 4 is 28.4 Å². The van der Waals surface area contributed by atoms with Gasteiger partial charge in [0.25, 0.3) is 5.91 Å². The number of fused-ring (bicyclic) bond motifs is 1. The first-order valence-electron chi connectivity index (χ1n) is 7.77. The molecule has 0 spiro atoms. The minimum atomic E-state index is -0.240. The fourth-order valence-corrected chi connectivity index (χ4v) is 2.58. The number of nitrogens with two attached hydrogens (primary N) is 1. The molecule has 0 saturated carbocycles. The number of nitrogens with zero attached hydrogens (tertiary/aromatic N) is 2. The van der Waals surface area contributed by atoms with Crippen LogP contribution in [-0.2, 0) is 0 Å². The van der Waals surface area contributed by atoms with Crippen LogP contribution in [0.5, 0.6) is 0 Å². The first-order valence-corrected chi connectivity index (χ1v) is 7.77. The van der Waals surface area contributed by atoms with Gasteiger partial charge in [-0.15, -0.1) is 0 Å². The molecule has 25 heavy (non-hydrogen) atoms. The Hall–Kier alpha value is -3.67. The number of nitrogens with one attached hydrogen (secondary N) is 2. The van der Waals surface area contributed by atoms with Crippen LogP contribution in [0.2, 0.25) is 0 Å². The van der Waals surface area contributed by atoms with Crippen molar-refractivity contribution in [1.29, 1.82) is 0 Å². The Morgan fingerprint density at radius 2 is 1.88 bits per heavy atom. The molecule has 0 atom stereocenters. The Labute approximate surface area is 143 Å². The van der Waals surface area contributed by atoms with E-state index in [0.29, 0.717) is 22.6 Å². The van der Waals surface area contributed by atoms with Gasteiger partial charge in [-0.3, -0.25) is 4.79 Å². The third-order valence-electron chi connectivity index (χ3n) is 3.79. The summed E-state index contributed by atoms with van der Waals surface area (Å²) in [6.45, 7) is 0. The van der Waals surface area contributed by atoms with Crippen LogP contribution >= 0.6 is 0 Å². The van der Waals surface area contributed by atoms with Gasteiger partial charge in [-0.05, 0) is 24.3 Å². The molecule has 4 aromatic rings. The van der Waals surface area contributed by atoms with Crippen LogP contribution in [0.25, 0.3) is 22.6 Å². The van der Waals surface area contributed by atoms with Gasteiger partial charge in [0.1, 0.15) is 5.82 Å². The van der Waals surface area contributed by atoms with Gasteiger partial charge < -0.3 is 16.0 Å². The van der Waals surface area contributed by atoms with Crippen molar-refractivity contribution in [2.45, 2.75) is 0 Å². The predicted octanol–water partition coefficient (Wildman–Crippen LogP) is 3.46. The predicted molar refractivity (Wildman–Crippen MR) is 98.1 cm³/mol. The monoisotopic (exact) mass is 329 g/mol. The van der Waals surface area contributed by atoms with Crippen LogP contribution in [0.4, 0.5) is 11.4 Å². The third-order valence-corrected chi connectivity index (χ3v) is 3.79. The summed E-state index contributed by atoms with van der Waals surface area (Å²) in [4.78, 5) is 24.3. The van der Waals surface area contributed by atoms with Crippen molar-refractivity contribution in [3.63, 3.8) is 0 Å². The zero-order chi connectivity index (χ0) is 17.2. The molecule has 0 aliphatic heterocycles. The van der Waals surface area contributed by atoms with Crippen LogP contribution in [0.1, 0.15) is 10.4 Å². The van der Waals surface area contributed by atoms with E-state index in [1.165, 1.54) is 0 Å². The highest BCUT2D eigenvalue weighted by Gasteiger charge is 2.10. The second-order valence-corrected chi connectivity index (χ2v) is 5.63. The minimum Gasteiger partial charge on any atom is -0.399 e. The van der Waals surface area contributed by atoms with Gasteiger partial charge in [-0.2, -0.15) is 0 Å². The largest absolute Gasteiger partial charge is 0.399 e. The first-order chi connectivity index (χ1) is 12.2. The molecule has 4 N–H and O–H groups in total. The van der Waals surface area contributed by atoms with E-state index in [4.69, 9.17) is 5.73 Å². The quantitative estimate of drug-likeness (QED) is 0.501. The lowest BCUT2D eigenvalue weighted by atomic mass is 10.2. The Bertz CT molecular complexity index is 1060. The molecule has 4 rings (SSSR count). The Morgan fingerprint density at radius 3 is 2.68 bits per heavy atom. The van der Waals surface area contributed by atoms with Crippen LogP contribution in [-0.4, -0.2) is 20.9 Å². The number of rotatable bonds is 3. The highest BCUT2D eigenvalue weighted by Crippen LogP contribution is 2.21. The van der Waals surface area contributed by atoms with Crippen molar-refractivity contribution in [2.75, 3.05) is 11.1 Å². The van der Waals surface area contributed by atoms with Crippen LogP contribution in [0.3, 0.4) is 0 Å². The van der Waals surface area contributed by atoms with E-state index in [-0.39, 0.29) is 5.91 Å². The maximum Gasteiger partial charge on any atom is 0.255 e. The third kappa shape index (κ3) is 3.05. The van der Waals surface area contributed by atoms with Crippen molar-refractivity contribution in [2.24, 2.45) is 0 Å². The fourth-order valence-electron chi connectivity index (χ4n) is 2.58. The molecule has 0 aliphatic carbocycles. The average molecular weight is 329 g/mol. The normalized spacial score (nSPS) is 10.7. The summed E-state index contributed by atoms with van der Waals surface area (Å²) in [5.41, 5.74) is 9.67. The molecule has 0 fully saturated rings. The summed E-state index contributed by atoms with van der Waals surface area (Å²) in [6.07, 6.45) is 1.59. The summed E-state index contributed by atoms with van der Waals surface area (Å²) in [6, 6.07) is 18.4. The number of benzene rings is 2. The number of carbonyl (C=O) groups is 1. The molecule has 6 heteroatoms. The summed E-state index contributed by atoms with van der Waals surface area (Å²) in [7, 11) is 0. The highest BCUT2D eigenvalue weighted by molar-refractivity contribution is 6.05. The van der Waals surface area contributed by atoms with Crippen LogP contribution in [0.15, 0.2) is 66.9 Å². The molecule has 1 amide bonds. The number of aromatic amines is 1. The lowest BCUT2D eigenvalue weighted by molar-refractivity contribution is 0.102. The summed E-state index contributed by atoms with van der Waals surface area (Å²) in [5, 5.41) is 2.82. The van der Waals surface area contributed by atoms with Gasteiger partial charge in [-0.1, -0.05) is 36.4 Å². The smallest absolute Gasteiger partial charge is 0.255 e. The molecule has 2 aromatic heterocycles. The van der Waals surface area contributed by atoms with E-state index in [0.717, 1.165) is 16.9 Å². The van der Waals surface area contributed by atoms with Gasteiger partial charge in [0, 0.05) is 16.8 Å². The fraction of sp³-hybridized carbons (Fsp3) is 0. The van der Waals surface area contributed by atoms with Gasteiger partial charge in [-0.25, -0.2) is 9.97 Å². The lowest BCUT2D eigenvalue weighted by Crippen LogP contribution is -2.12. The van der Waals surface area contributed by atoms with E-state index in [9.17, 15) is 4.79 Å². The number of H-pyrrole nitrogens is 1. The van der Waals surface area contributed by atoms with Crippen molar-refractivity contribution in [3.05, 3.63) is 72.4 Å². The number of aromatic nitrogens is 3.